The highest BCUT2D eigenvalue weighted by molar-refractivity contribution is 9.10. The molecule has 2 amide bonds. The second kappa shape index (κ2) is 10.0. The zero-order valence-electron chi connectivity index (χ0n) is 16.5. The van der Waals surface area contributed by atoms with Crippen LogP contribution >= 0.6 is 27.3 Å². The van der Waals surface area contributed by atoms with E-state index in [0.29, 0.717) is 11.3 Å². The number of sulfone groups is 1. The molecule has 0 bridgehead atoms. The number of rotatable bonds is 7. The van der Waals surface area contributed by atoms with Gasteiger partial charge >= 0.3 is 0 Å². The van der Waals surface area contributed by atoms with Gasteiger partial charge in [-0.2, -0.15) is 4.99 Å². The first kappa shape index (κ1) is 22.9. The van der Waals surface area contributed by atoms with Crippen molar-refractivity contribution in [1.29, 1.82) is 0 Å². The topological polar surface area (TPSA) is 97.6 Å². The Labute approximate surface area is 187 Å². The molecule has 10 heteroatoms. The van der Waals surface area contributed by atoms with E-state index in [9.17, 15) is 18.0 Å². The second-order valence-electron chi connectivity index (χ2n) is 7.34. The van der Waals surface area contributed by atoms with Gasteiger partial charge < -0.3 is 9.88 Å². The van der Waals surface area contributed by atoms with Gasteiger partial charge in [0.05, 0.1) is 10.2 Å². The van der Waals surface area contributed by atoms with Crippen LogP contribution in [0.15, 0.2) is 40.3 Å². The quantitative estimate of drug-likeness (QED) is 0.575. The van der Waals surface area contributed by atoms with Crippen LogP contribution in [0.2, 0.25) is 0 Å². The molecule has 0 unspecified atom stereocenters. The molecule has 1 aromatic heterocycles. The number of benzene rings is 1. The maximum Gasteiger partial charge on any atom is 0.263 e. The highest BCUT2D eigenvalue weighted by Gasteiger charge is 2.23. The monoisotopic (exact) mass is 513 g/mol. The van der Waals surface area contributed by atoms with Gasteiger partial charge in [-0.05, 0) is 31.0 Å². The molecule has 1 heterocycles. The number of hydrogen-bond donors (Lipinski definition) is 1. The lowest BCUT2D eigenvalue weighted by molar-refractivity contribution is -0.119. The van der Waals surface area contributed by atoms with Crippen molar-refractivity contribution in [2.75, 3.05) is 11.5 Å². The van der Waals surface area contributed by atoms with Crippen LogP contribution in [0.25, 0.3) is 10.2 Å². The van der Waals surface area contributed by atoms with Crippen LogP contribution < -0.4 is 10.1 Å². The molecule has 1 aliphatic carbocycles. The molecule has 0 saturated heterocycles. The van der Waals surface area contributed by atoms with Crippen LogP contribution in [-0.2, 0) is 26.0 Å². The fraction of sp³-hybridized carbons (Fsp3) is 0.450. The van der Waals surface area contributed by atoms with Gasteiger partial charge in [-0.1, -0.05) is 52.6 Å². The standard InChI is InChI=1S/C20H24BrN3O4S2/c1-2-10-24-16-9-8-14(21)11-17(16)29-20(24)23-19(26)13-30(27,28)12-18(25)22-15-6-4-3-5-7-15/h2,8-9,11,15H,1,3-7,10,12-13H2,(H,22,25). The summed E-state index contributed by atoms with van der Waals surface area (Å²) in [5, 5.41) is 2.77. The summed E-state index contributed by atoms with van der Waals surface area (Å²) < 4.78 is 28.3. The van der Waals surface area contributed by atoms with E-state index < -0.39 is 33.2 Å². The van der Waals surface area contributed by atoms with E-state index in [-0.39, 0.29) is 6.04 Å². The fourth-order valence-corrected chi connectivity index (χ4v) is 6.17. The minimum atomic E-state index is -3.90. The third-order valence-corrected chi connectivity index (χ3v) is 7.76. The number of allylic oxidation sites excluding steroid dienone is 1. The predicted molar refractivity (Wildman–Crippen MR) is 122 cm³/mol. The molecule has 2 aromatic rings. The molecular formula is C20H24BrN3O4S2. The van der Waals surface area contributed by atoms with Crippen molar-refractivity contribution in [3.8, 4) is 0 Å². The van der Waals surface area contributed by atoms with Crippen LogP contribution in [0.5, 0.6) is 0 Å². The van der Waals surface area contributed by atoms with Crippen LogP contribution in [0, 0.1) is 0 Å². The summed E-state index contributed by atoms with van der Waals surface area (Å²) in [5.41, 5.74) is 0.879. The Morgan fingerprint density at radius 1 is 1.27 bits per heavy atom. The summed E-state index contributed by atoms with van der Waals surface area (Å²) in [5.74, 6) is -2.83. The lowest BCUT2D eigenvalue weighted by atomic mass is 9.95. The van der Waals surface area contributed by atoms with Crippen LogP contribution in [0.1, 0.15) is 32.1 Å². The highest BCUT2D eigenvalue weighted by atomic mass is 79.9. The Morgan fingerprint density at radius 3 is 2.70 bits per heavy atom. The van der Waals surface area contributed by atoms with Gasteiger partial charge in [-0.25, -0.2) is 8.42 Å². The number of nitrogens with one attached hydrogen (secondary N) is 1. The minimum absolute atomic E-state index is 0.0255. The van der Waals surface area contributed by atoms with Gasteiger partial charge in [0.25, 0.3) is 5.91 Å². The molecule has 1 aliphatic rings. The van der Waals surface area contributed by atoms with Crippen LogP contribution in [-0.4, -0.2) is 42.3 Å². The van der Waals surface area contributed by atoms with Crippen LogP contribution in [0.4, 0.5) is 0 Å². The number of carbonyl (C=O) groups is 2. The van der Waals surface area contributed by atoms with Gasteiger partial charge in [-0.3, -0.25) is 9.59 Å². The molecule has 0 spiro atoms. The Bertz CT molecular complexity index is 1130. The Hall–Kier alpha value is -1.78. The van der Waals surface area contributed by atoms with Gasteiger partial charge in [0, 0.05) is 17.1 Å². The van der Waals surface area contributed by atoms with Crippen molar-refractivity contribution >= 4 is 59.1 Å². The normalized spacial score (nSPS) is 16.0. The lowest BCUT2D eigenvalue weighted by Gasteiger charge is -2.22. The summed E-state index contributed by atoms with van der Waals surface area (Å²) in [6, 6.07) is 5.72. The van der Waals surface area contributed by atoms with Gasteiger partial charge in [0.15, 0.2) is 14.6 Å². The van der Waals surface area contributed by atoms with E-state index in [1.54, 1.807) is 10.6 Å². The van der Waals surface area contributed by atoms with Crippen molar-refractivity contribution in [2.24, 2.45) is 4.99 Å². The first-order chi connectivity index (χ1) is 14.3. The fourth-order valence-electron chi connectivity index (χ4n) is 3.53. The summed E-state index contributed by atoms with van der Waals surface area (Å²) in [7, 11) is -3.90. The zero-order valence-corrected chi connectivity index (χ0v) is 19.7. The van der Waals surface area contributed by atoms with E-state index in [1.807, 2.05) is 18.2 Å². The number of carbonyl (C=O) groups excluding carboxylic acids is 2. The van der Waals surface area contributed by atoms with Crippen molar-refractivity contribution < 1.29 is 18.0 Å². The van der Waals surface area contributed by atoms with Gasteiger partial charge in [0.2, 0.25) is 5.91 Å². The van der Waals surface area contributed by atoms with Crippen LogP contribution in [0.3, 0.4) is 0 Å². The summed E-state index contributed by atoms with van der Waals surface area (Å²) in [6.07, 6.45) is 6.62. The lowest BCUT2D eigenvalue weighted by Crippen LogP contribution is -2.40. The average molecular weight is 514 g/mol. The van der Waals surface area contributed by atoms with E-state index in [1.165, 1.54) is 11.3 Å². The molecule has 30 heavy (non-hydrogen) atoms. The number of amides is 2. The molecule has 0 radical (unpaired) electrons. The van der Waals surface area contributed by atoms with Crippen molar-refractivity contribution in [3.05, 3.63) is 40.1 Å². The Morgan fingerprint density at radius 2 is 2.00 bits per heavy atom. The van der Waals surface area contributed by atoms with E-state index in [2.05, 4.69) is 32.8 Å². The Kier molecular flexibility index (Phi) is 7.65. The number of thiazole rings is 1. The second-order valence-corrected chi connectivity index (χ2v) is 11.3. The number of hydrogen-bond acceptors (Lipinski definition) is 5. The number of halogens is 1. The summed E-state index contributed by atoms with van der Waals surface area (Å²) in [4.78, 5) is 28.9. The summed E-state index contributed by atoms with van der Waals surface area (Å²) in [6.45, 7) is 4.16. The number of aromatic nitrogens is 1. The van der Waals surface area contributed by atoms with Gasteiger partial charge in [-0.15, -0.1) is 6.58 Å². The first-order valence-corrected chi connectivity index (χ1v) is 13.2. The van der Waals surface area contributed by atoms with Crippen molar-refractivity contribution in [1.82, 2.24) is 9.88 Å². The van der Waals surface area contributed by atoms with Crippen molar-refractivity contribution in [3.63, 3.8) is 0 Å². The minimum Gasteiger partial charge on any atom is -0.352 e. The number of nitrogens with zero attached hydrogens (tertiary/aromatic N) is 2. The largest absolute Gasteiger partial charge is 0.352 e. The molecule has 1 N–H and O–H groups in total. The molecule has 3 rings (SSSR count). The molecule has 0 atom stereocenters. The SMILES string of the molecule is C=CCn1c(=NC(=O)CS(=O)(=O)CC(=O)NC2CCCCC2)sc2cc(Br)ccc21. The van der Waals surface area contributed by atoms with E-state index in [4.69, 9.17) is 0 Å². The predicted octanol–water partition coefficient (Wildman–Crippen LogP) is 2.94. The molecule has 1 saturated carbocycles. The average Bonchev–Trinajstić information content (AvgIpc) is 2.97. The maximum absolute atomic E-state index is 12.4. The molecular weight excluding hydrogens is 490 g/mol. The Balaban J connectivity index is 1.73. The smallest absolute Gasteiger partial charge is 0.263 e. The highest BCUT2D eigenvalue weighted by Crippen LogP contribution is 2.22. The zero-order chi connectivity index (χ0) is 21.7. The van der Waals surface area contributed by atoms with E-state index in [0.717, 1.165) is 46.8 Å². The third-order valence-electron chi connectivity index (χ3n) is 4.84. The van der Waals surface area contributed by atoms with Crippen molar-refractivity contribution in [2.45, 2.75) is 44.7 Å². The number of fused-ring (bicyclic) bond motifs is 1. The first-order valence-electron chi connectivity index (χ1n) is 9.74. The summed E-state index contributed by atoms with van der Waals surface area (Å²) >= 11 is 4.71. The maximum atomic E-state index is 12.4. The molecule has 7 nitrogen and oxygen atoms in total. The van der Waals surface area contributed by atoms with Gasteiger partial charge in [0.1, 0.15) is 11.5 Å². The molecule has 1 aromatic carbocycles. The van der Waals surface area contributed by atoms with E-state index >= 15 is 0 Å². The molecule has 1 fully saturated rings. The molecule has 0 aliphatic heterocycles. The third kappa shape index (κ3) is 6.12. The molecule has 162 valence electrons.